The van der Waals surface area contributed by atoms with E-state index in [2.05, 4.69) is 30.1 Å². The molecule has 1 amide bonds. The zero-order valence-corrected chi connectivity index (χ0v) is 13.7. The Balaban J connectivity index is 2.27. The Morgan fingerprint density at radius 2 is 2.14 bits per heavy atom. The third-order valence-electron chi connectivity index (χ3n) is 4.19. The van der Waals surface area contributed by atoms with Crippen LogP contribution >= 0.6 is 11.6 Å². The molecule has 1 N–H and O–H groups in total. The van der Waals surface area contributed by atoms with Gasteiger partial charge in [0.25, 0.3) is 0 Å². The highest BCUT2D eigenvalue weighted by Gasteiger charge is 2.27. The number of fused-ring (bicyclic) bond motifs is 1. The molecular formula is C17H23ClN2O. The molecule has 0 saturated heterocycles. The Hall–Kier alpha value is -1.32. The highest BCUT2D eigenvalue weighted by Crippen LogP contribution is 2.29. The van der Waals surface area contributed by atoms with E-state index >= 15 is 0 Å². The van der Waals surface area contributed by atoms with Crippen LogP contribution in [0, 0.1) is 0 Å². The number of nitrogens with zero attached hydrogens (tertiary/aromatic N) is 1. The van der Waals surface area contributed by atoms with E-state index in [1.165, 1.54) is 5.57 Å². The molecular weight excluding hydrogens is 284 g/mol. The van der Waals surface area contributed by atoms with Gasteiger partial charge in [-0.1, -0.05) is 43.2 Å². The lowest BCUT2D eigenvalue weighted by Crippen LogP contribution is -2.39. The Kier molecular flexibility index (Phi) is 5.43. The summed E-state index contributed by atoms with van der Waals surface area (Å²) >= 11 is 6.30. The molecule has 1 aromatic carbocycles. The van der Waals surface area contributed by atoms with E-state index in [9.17, 15) is 4.79 Å². The summed E-state index contributed by atoms with van der Waals surface area (Å²) in [6, 6.07) is 5.49. The fourth-order valence-corrected chi connectivity index (χ4v) is 2.82. The minimum Gasteiger partial charge on any atom is -0.324 e. The van der Waals surface area contributed by atoms with Crippen LogP contribution in [0.3, 0.4) is 0 Å². The molecule has 1 atom stereocenters. The average molecular weight is 307 g/mol. The van der Waals surface area contributed by atoms with Crippen molar-refractivity contribution in [2.75, 3.05) is 11.9 Å². The molecule has 3 nitrogen and oxygen atoms in total. The molecule has 1 unspecified atom stereocenters. The number of allylic oxidation sites excluding steroid dienone is 1. The molecule has 4 heteroatoms. The van der Waals surface area contributed by atoms with Gasteiger partial charge in [-0.3, -0.25) is 9.69 Å². The fourth-order valence-electron chi connectivity index (χ4n) is 2.59. The predicted octanol–water partition coefficient (Wildman–Crippen LogP) is 4.23. The summed E-state index contributed by atoms with van der Waals surface area (Å²) in [7, 11) is 0. The van der Waals surface area contributed by atoms with Gasteiger partial charge >= 0.3 is 0 Å². The van der Waals surface area contributed by atoms with Crippen LogP contribution in [-0.4, -0.2) is 23.4 Å². The fraction of sp³-hybridized carbons (Fsp3) is 0.471. The van der Waals surface area contributed by atoms with Crippen LogP contribution in [0.4, 0.5) is 5.69 Å². The molecule has 0 fully saturated rings. The quantitative estimate of drug-likeness (QED) is 0.844. The molecule has 0 bridgehead atoms. The number of halogens is 1. The van der Waals surface area contributed by atoms with Gasteiger partial charge in [-0.25, -0.2) is 0 Å². The van der Waals surface area contributed by atoms with Crippen LogP contribution in [0.15, 0.2) is 29.8 Å². The van der Waals surface area contributed by atoms with E-state index in [1.807, 2.05) is 25.1 Å². The number of anilines is 1. The highest BCUT2D eigenvalue weighted by molar-refractivity contribution is 6.31. The van der Waals surface area contributed by atoms with Crippen molar-refractivity contribution in [3.05, 3.63) is 40.4 Å². The number of benzene rings is 1. The number of amides is 1. The van der Waals surface area contributed by atoms with Crippen molar-refractivity contribution in [2.24, 2.45) is 0 Å². The lowest BCUT2D eigenvalue weighted by Gasteiger charge is -2.24. The SMILES string of the molecule is CCC(=CCN1Cc2c(Cl)cccc2NC(=O)C1C)CC. The molecule has 1 heterocycles. The van der Waals surface area contributed by atoms with E-state index in [4.69, 9.17) is 11.6 Å². The zero-order chi connectivity index (χ0) is 15.4. The molecule has 0 saturated carbocycles. The Labute approximate surface area is 132 Å². The number of hydrogen-bond acceptors (Lipinski definition) is 2. The van der Waals surface area contributed by atoms with Gasteiger partial charge in [0, 0.05) is 29.4 Å². The standard InChI is InChI=1S/C17H23ClN2O/c1-4-13(5-2)9-10-20-11-14-15(18)7-6-8-16(14)19-17(21)12(20)3/h6-9,12H,4-5,10-11H2,1-3H3,(H,19,21). The Bertz CT molecular complexity index is 548. The molecule has 0 aliphatic carbocycles. The van der Waals surface area contributed by atoms with E-state index in [-0.39, 0.29) is 11.9 Å². The second kappa shape index (κ2) is 7.10. The third kappa shape index (κ3) is 3.66. The normalized spacial score (nSPS) is 18.7. The summed E-state index contributed by atoms with van der Waals surface area (Å²) < 4.78 is 0. The summed E-state index contributed by atoms with van der Waals surface area (Å²) in [5, 5.41) is 3.68. The molecule has 2 rings (SSSR count). The average Bonchev–Trinajstić information content (AvgIpc) is 2.60. The van der Waals surface area contributed by atoms with Gasteiger partial charge in [0.15, 0.2) is 0 Å². The number of carbonyl (C=O) groups excluding carboxylic acids is 1. The molecule has 114 valence electrons. The summed E-state index contributed by atoms with van der Waals surface area (Å²) in [5.74, 6) is 0.0268. The molecule has 1 aliphatic heterocycles. The van der Waals surface area contributed by atoms with Crippen LogP contribution < -0.4 is 5.32 Å². The maximum absolute atomic E-state index is 12.3. The van der Waals surface area contributed by atoms with E-state index in [0.29, 0.717) is 11.6 Å². The predicted molar refractivity (Wildman–Crippen MR) is 88.6 cm³/mol. The topological polar surface area (TPSA) is 32.3 Å². The molecule has 0 spiro atoms. The zero-order valence-electron chi connectivity index (χ0n) is 12.9. The minimum atomic E-state index is -0.167. The monoisotopic (exact) mass is 306 g/mol. The van der Waals surface area contributed by atoms with Gasteiger partial charge in [-0.15, -0.1) is 0 Å². The first-order valence-electron chi connectivity index (χ1n) is 7.57. The molecule has 1 aromatic rings. The first-order valence-corrected chi connectivity index (χ1v) is 7.94. The molecule has 1 aliphatic rings. The number of hydrogen-bond donors (Lipinski definition) is 1. The van der Waals surface area contributed by atoms with Crippen LogP contribution in [0.2, 0.25) is 5.02 Å². The first-order chi connectivity index (χ1) is 10.1. The van der Waals surface area contributed by atoms with Crippen LogP contribution in [0.25, 0.3) is 0 Å². The van der Waals surface area contributed by atoms with Crippen molar-refractivity contribution < 1.29 is 4.79 Å². The Morgan fingerprint density at radius 3 is 2.81 bits per heavy atom. The van der Waals surface area contributed by atoms with E-state index in [0.717, 1.165) is 30.6 Å². The van der Waals surface area contributed by atoms with Crippen LogP contribution in [0.5, 0.6) is 0 Å². The maximum atomic E-state index is 12.3. The molecule has 21 heavy (non-hydrogen) atoms. The van der Waals surface area contributed by atoms with Gasteiger partial charge < -0.3 is 5.32 Å². The largest absolute Gasteiger partial charge is 0.324 e. The van der Waals surface area contributed by atoms with Gasteiger partial charge in [-0.05, 0) is 31.9 Å². The summed E-state index contributed by atoms with van der Waals surface area (Å²) in [6.45, 7) is 7.74. The Morgan fingerprint density at radius 1 is 1.43 bits per heavy atom. The van der Waals surface area contributed by atoms with Gasteiger partial charge in [0.05, 0.1) is 6.04 Å². The third-order valence-corrected chi connectivity index (χ3v) is 4.54. The number of carbonyl (C=O) groups is 1. The van der Waals surface area contributed by atoms with Gasteiger partial charge in [-0.2, -0.15) is 0 Å². The van der Waals surface area contributed by atoms with Crippen molar-refractivity contribution in [3.8, 4) is 0 Å². The van der Waals surface area contributed by atoms with Crippen molar-refractivity contribution in [3.63, 3.8) is 0 Å². The van der Waals surface area contributed by atoms with Crippen LogP contribution in [0.1, 0.15) is 39.2 Å². The lowest BCUT2D eigenvalue weighted by atomic mass is 10.1. The summed E-state index contributed by atoms with van der Waals surface area (Å²) in [6.07, 6.45) is 4.36. The maximum Gasteiger partial charge on any atom is 0.241 e. The second-order valence-corrected chi connectivity index (χ2v) is 5.84. The van der Waals surface area contributed by atoms with Crippen molar-refractivity contribution in [1.29, 1.82) is 0 Å². The van der Waals surface area contributed by atoms with Crippen molar-refractivity contribution in [2.45, 2.75) is 46.2 Å². The van der Waals surface area contributed by atoms with E-state index < -0.39 is 0 Å². The number of rotatable bonds is 4. The number of nitrogens with one attached hydrogen (secondary N) is 1. The molecule has 0 aromatic heterocycles. The second-order valence-electron chi connectivity index (χ2n) is 5.43. The van der Waals surface area contributed by atoms with Gasteiger partial charge in [0.1, 0.15) is 0 Å². The smallest absolute Gasteiger partial charge is 0.241 e. The lowest BCUT2D eigenvalue weighted by molar-refractivity contribution is -0.120. The first kappa shape index (κ1) is 16.1. The van der Waals surface area contributed by atoms with E-state index in [1.54, 1.807) is 0 Å². The minimum absolute atomic E-state index is 0.0268. The highest BCUT2D eigenvalue weighted by atomic mass is 35.5. The van der Waals surface area contributed by atoms with Crippen LogP contribution in [-0.2, 0) is 11.3 Å². The summed E-state index contributed by atoms with van der Waals surface area (Å²) in [4.78, 5) is 14.4. The van der Waals surface area contributed by atoms with Crippen molar-refractivity contribution in [1.82, 2.24) is 4.90 Å². The molecule has 0 radical (unpaired) electrons. The van der Waals surface area contributed by atoms with Crippen molar-refractivity contribution >= 4 is 23.2 Å². The summed E-state index contributed by atoms with van der Waals surface area (Å²) in [5.41, 5.74) is 3.25. The van der Waals surface area contributed by atoms with Gasteiger partial charge in [0.2, 0.25) is 5.91 Å².